The van der Waals surface area contributed by atoms with E-state index in [0.717, 1.165) is 25.7 Å². The van der Waals surface area contributed by atoms with Crippen LogP contribution in [0.25, 0.3) is 0 Å². The Morgan fingerprint density at radius 3 is 1.67 bits per heavy atom. The van der Waals surface area contributed by atoms with Crippen molar-refractivity contribution in [2.75, 3.05) is 14.2 Å². The van der Waals surface area contributed by atoms with E-state index in [4.69, 9.17) is 0 Å². The molecule has 0 aliphatic heterocycles. The first kappa shape index (κ1) is 10.9. The molecule has 0 saturated heterocycles. The summed E-state index contributed by atoms with van der Waals surface area (Å²) in [7, 11) is 3.09. The highest BCUT2D eigenvalue weighted by Gasteiger charge is 1.84. The molecule has 0 rings (SSSR count). The quantitative estimate of drug-likeness (QED) is 0.334. The molecule has 0 atom stereocenters. The predicted octanol–water partition coefficient (Wildman–Crippen LogP) is 1.81. The number of rotatable bonds is 7. The SMILES string of the molecule is CO/N=C/CCCC/C=N/OC. The molecule has 0 amide bonds. The van der Waals surface area contributed by atoms with Crippen LogP contribution >= 0.6 is 0 Å². The third-order valence-electron chi connectivity index (χ3n) is 1.28. The van der Waals surface area contributed by atoms with Crippen LogP contribution in [0.4, 0.5) is 0 Å². The van der Waals surface area contributed by atoms with Crippen LogP contribution in [0.3, 0.4) is 0 Å². The van der Waals surface area contributed by atoms with Gasteiger partial charge in [0.2, 0.25) is 0 Å². The van der Waals surface area contributed by atoms with Gasteiger partial charge < -0.3 is 9.68 Å². The first-order chi connectivity index (χ1) is 5.91. The number of hydrogen-bond donors (Lipinski definition) is 0. The molecular formula is C8H16N2O2. The van der Waals surface area contributed by atoms with Crippen molar-refractivity contribution in [3.05, 3.63) is 0 Å². The molecule has 70 valence electrons. The minimum absolute atomic E-state index is 0.953. The topological polar surface area (TPSA) is 43.2 Å². The highest BCUT2D eigenvalue weighted by atomic mass is 16.6. The fraction of sp³-hybridized carbons (Fsp3) is 0.750. The van der Waals surface area contributed by atoms with Gasteiger partial charge in [0.15, 0.2) is 0 Å². The van der Waals surface area contributed by atoms with Crippen molar-refractivity contribution in [1.29, 1.82) is 0 Å². The second-order valence-electron chi connectivity index (χ2n) is 2.23. The van der Waals surface area contributed by atoms with Gasteiger partial charge in [-0.25, -0.2) is 0 Å². The van der Waals surface area contributed by atoms with Crippen LogP contribution in [0.1, 0.15) is 25.7 Å². The molecule has 0 aliphatic rings. The Morgan fingerprint density at radius 2 is 1.33 bits per heavy atom. The maximum absolute atomic E-state index is 4.51. The molecule has 0 unspecified atom stereocenters. The highest BCUT2D eigenvalue weighted by Crippen LogP contribution is 1.95. The predicted molar refractivity (Wildman–Crippen MR) is 49.5 cm³/mol. The lowest BCUT2D eigenvalue weighted by molar-refractivity contribution is 0.214. The van der Waals surface area contributed by atoms with Gasteiger partial charge in [0.05, 0.1) is 0 Å². The lowest BCUT2D eigenvalue weighted by Crippen LogP contribution is -1.82. The zero-order valence-electron chi connectivity index (χ0n) is 7.69. The minimum Gasteiger partial charge on any atom is -0.399 e. The van der Waals surface area contributed by atoms with Gasteiger partial charge in [0.25, 0.3) is 0 Å². The average Bonchev–Trinajstić information content (AvgIpc) is 2.10. The van der Waals surface area contributed by atoms with Crippen LogP contribution in [0.2, 0.25) is 0 Å². The fourth-order valence-corrected chi connectivity index (χ4v) is 0.726. The summed E-state index contributed by atoms with van der Waals surface area (Å²) in [6.07, 6.45) is 7.65. The van der Waals surface area contributed by atoms with Crippen molar-refractivity contribution in [2.24, 2.45) is 10.3 Å². The Kier molecular flexibility index (Phi) is 9.06. The molecule has 0 fully saturated rings. The van der Waals surface area contributed by atoms with Crippen molar-refractivity contribution in [1.82, 2.24) is 0 Å². The summed E-state index contributed by atoms with van der Waals surface area (Å²) >= 11 is 0. The van der Waals surface area contributed by atoms with Gasteiger partial charge in [-0.15, -0.1) is 0 Å². The average molecular weight is 172 g/mol. The second-order valence-corrected chi connectivity index (χ2v) is 2.23. The zero-order valence-corrected chi connectivity index (χ0v) is 7.69. The molecule has 0 aromatic carbocycles. The van der Waals surface area contributed by atoms with E-state index in [1.807, 2.05) is 0 Å². The van der Waals surface area contributed by atoms with Crippen LogP contribution in [0.15, 0.2) is 10.3 Å². The summed E-state index contributed by atoms with van der Waals surface area (Å²) in [6, 6.07) is 0. The lowest BCUT2D eigenvalue weighted by Gasteiger charge is -1.91. The normalized spacial score (nSPS) is 11.2. The van der Waals surface area contributed by atoms with E-state index in [1.165, 1.54) is 0 Å². The molecule has 0 saturated carbocycles. The Labute approximate surface area is 73.2 Å². The largest absolute Gasteiger partial charge is 0.399 e. The number of unbranched alkanes of at least 4 members (excludes halogenated alkanes) is 3. The molecular weight excluding hydrogens is 156 g/mol. The molecule has 4 heteroatoms. The monoisotopic (exact) mass is 172 g/mol. The third-order valence-corrected chi connectivity index (χ3v) is 1.28. The van der Waals surface area contributed by atoms with E-state index in [2.05, 4.69) is 20.0 Å². The van der Waals surface area contributed by atoms with Crippen molar-refractivity contribution in [3.63, 3.8) is 0 Å². The summed E-state index contributed by atoms with van der Waals surface area (Å²) in [6.45, 7) is 0. The number of hydrogen-bond acceptors (Lipinski definition) is 4. The molecule has 0 heterocycles. The van der Waals surface area contributed by atoms with E-state index in [0.29, 0.717) is 0 Å². The van der Waals surface area contributed by atoms with Gasteiger partial charge >= 0.3 is 0 Å². The van der Waals surface area contributed by atoms with E-state index in [9.17, 15) is 0 Å². The lowest BCUT2D eigenvalue weighted by atomic mass is 10.2. The summed E-state index contributed by atoms with van der Waals surface area (Å²) in [4.78, 5) is 9.02. The van der Waals surface area contributed by atoms with Crippen LogP contribution < -0.4 is 0 Å². The molecule has 0 aromatic heterocycles. The summed E-state index contributed by atoms with van der Waals surface area (Å²) in [5.74, 6) is 0. The zero-order chi connectivity index (χ0) is 9.07. The van der Waals surface area contributed by atoms with Crippen LogP contribution in [0.5, 0.6) is 0 Å². The molecule has 0 radical (unpaired) electrons. The van der Waals surface area contributed by atoms with Crippen molar-refractivity contribution >= 4 is 12.4 Å². The summed E-state index contributed by atoms with van der Waals surface area (Å²) < 4.78 is 0. The van der Waals surface area contributed by atoms with Crippen molar-refractivity contribution in [3.8, 4) is 0 Å². The van der Waals surface area contributed by atoms with Crippen molar-refractivity contribution < 1.29 is 9.68 Å². The van der Waals surface area contributed by atoms with Crippen LogP contribution in [0, 0.1) is 0 Å². The van der Waals surface area contributed by atoms with Gasteiger partial charge in [-0.05, 0) is 25.7 Å². The van der Waals surface area contributed by atoms with Gasteiger partial charge in [-0.1, -0.05) is 10.3 Å². The first-order valence-corrected chi connectivity index (χ1v) is 4.01. The van der Waals surface area contributed by atoms with Crippen LogP contribution in [-0.4, -0.2) is 26.6 Å². The van der Waals surface area contributed by atoms with E-state index >= 15 is 0 Å². The van der Waals surface area contributed by atoms with E-state index < -0.39 is 0 Å². The first-order valence-electron chi connectivity index (χ1n) is 4.01. The van der Waals surface area contributed by atoms with Gasteiger partial charge in [0.1, 0.15) is 14.2 Å². The molecule has 12 heavy (non-hydrogen) atoms. The van der Waals surface area contributed by atoms with Crippen molar-refractivity contribution in [2.45, 2.75) is 25.7 Å². The van der Waals surface area contributed by atoms with Gasteiger partial charge in [0, 0.05) is 12.4 Å². The fourth-order valence-electron chi connectivity index (χ4n) is 0.726. The Balaban J connectivity index is 3.00. The second kappa shape index (κ2) is 9.94. The number of oxime groups is 2. The minimum atomic E-state index is 0.953. The molecule has 0 bridgehead atoms. The molecule has 0 N–H and O–H groups in total. The van der Waals surface area contributed by atoms with E-state index in [-0.39, 0.29) is 0 Å². The number of nitrogens with zero attached hydrogens (tertiary/aromatic N) is 2. The summed E-state index contributed by atoms with van der Waals surface area (Å²) in [5, 5.41) is 7.24. The molecule has 0 spiro atoms. The maximum atomic E-state index is 4.51. The van der Waals surface area contributed by atoms with E-state index in [1.54, 1.807) is 26.6 Å². The Bertz CT molecular complexity index is 119. The molecule has 4 nitrogen and oxygen atoms in total. The molecule has 0 aliphatic carbocycles. The summed E-state index contributed by atoms with van der Waals surface area (Å²) in [5.41, 5.74) is 0. The standard InChI is InChI=1S/C8H16N2O2/c1-11-9-7-5-3-4-6-8-10-12-2/h7-8H,3-6H2,1-2H3/b9-7+,10-8+. The van der Waals surface area contributed by atoms with Gasteiger partial charge in [-0.3, -0.25) is 0 Å². The molecule has 0 aromatic rings. The highest BCUT2D eigenvalue weighted by molar-refractivity contribution is 5.57. The Hall–Kier alpha value is -1.06. The third kappa shape index (κ3) is 8.94. The maximum Gasteiger partial charge on any atom is 0.106 e. The van der Waals surface area contributed by atoms with Crippen LogP contribution in [-0.2, 0) is 9.68 Å². The smallest absolute Gasteiger partial charge is 0.106 e. The Morgan fingerprint density at radius 1 is 0.917 bits per heavy atom. The van der Waals surface area contributed by atoms with Gasteiger partial charge in [-0.2, -0.15) is 0 Å².